The number of hydrogen-bond acceptors (Lipinski definition) is 3. The molecule has 0 radical (unpaired) electrons. The zero-order valence-electron chi connectivity index (χ0n) is 15.4. The molecule has 1 saturated heterocycles. The summed E-state index contributed by atoms with van der Waals surface area (Å²) in [4.78, 5) is 39.4. The molecular weight excluding hydrogens is 340 g/mol. The molecule has 5 nitrogen and oxygen atoms in total. The summed E-state index contributed by atoms with van der Waals surface area (Å²) in [6, 6.07) is 11.7. The number of benzene rings is 2. The maximum absolute atomic E-state index is 12.8. The molecule has 0 saturated carbocycles. The number of ketones is 2. The van der Waals surface area contributed by atoms with E-state index in [4.69, 9.17) is 0 Å². The van der Waals surface area contributed by atoms with E-state index in [-0.39, 0.29) is 23.5 Å². The fourth-order valence-electron chi connectivity index (χ4n) is 4.05. The molecule has 0 unspecified atom stereocenters. The molecule has 5 heteroatoms. The van der Waals surface area contributed by atoms with Gasteiger partial charge >= 0.3 is 0 Å². The zero-order valence-corrected chi connectivity index (χ0v) is 15.4. The van der Waals surface area contributed by atoms with Gasteiger partial charge in [0, 0.05) is 27.9 Å². The van der Waals surface area contributed by atoms with E-state index in [1.165, 1.54) is 11.3 Å². The number of hydrogen-bond donors (Lipinski definition) is 2. The lowest BCUT2D eigenvalue weighted by Crippen LogP contribution is -3.17. The fraction of sp³-hybridized carbons (Fsp3) is 0.318. The van der Waals surface area contributed by atoms with Gasteiger partial charge in [0.1, 0.15) is 0 Å². The number of rotatable bonds is 3. The van der Waals surface area contributed by atoms with Gasteiger partial charge in [-0.15, -0.1) is 0 Å². The van der Waals surface area contributed by atoms with Gasteiger partial charge in [0.2, 0.25) is 0 Å². The van der Waals surface area contributed by atoms with E-state index in [1.54, 1.807) is 42.5 Å². The number of carbonyl (C=O) groups excluding carboxylic acids is 3. The summed E-state index contributed by atoms with van der Waals surface area (Å²) >= 11 is 0. The molecule has 1 atom stereocenters. The first-order valence-corrected chi connectivity index (χ1v) is 9.54. The Labute approximate surface area is 158 Å². The zero-order chi connectivity index (χ0) is 19.0. The van der Waals surface area contributed by atoms with E-state index < -0.39 is 0 Å². The number of anilines is 1. The first-order chi connectivity index (χ1) is 13.1. The molecule has 1 aliphatic heterocycles. The summed E-state index contributed by atoms with van der Waals surface area (Å²) in [5.74, 6) is -0.378. The molecule has 4 rings (SSSR count). The van der Waals surface area contributed by atoms with Crippen molar-refractivity contribution in [2.24, 2.45) is 0 Å². The van der Waals surface area contributed by atoms with Gasteiger partial charge in [-0.1, -0.05) is 24.3 Å². The minimum absolute atomic E-state index is 0.0539. The third-order valence-corrected chi connectivity index (χ3v) is 5.69. The van der Waals surface area contributed by atoms with Crippen LogP contribution in [0.5, 0.6) is 0 Å². The van der Waals surface area contributed by atoms with Gasteiger partial charge in [-0.2, -0.15) is 0 Å². The summed E-state index contributed by atoms with van der Waals surface area (Å²) < 4.78 is 0. The van der Waals surface area contributed by atoms with Crippen LogP contribution in [0.25, 0.3) is 0 Å². The average molecular weight is 363 g/mol. The highest BCUT2D eigenvalue weighted by Gasteiger charge is 2.30. The Morgan fingerprint density at radius 1 is 0.889 bits per heavy atom. The van der Waals surface area contributed by atoms with Crippen LogP contribution >= 0.6 is 0 Å². The molecule has 1 fully saturated rings. The summed E-state index contributed by atoms with van der Waals surface area (Å²) in [6.45, 7) is 3.98. The van der Waals surface area contributed by atoms with Crippen LogP contribution in [0.3, 0.4) is 0 Å². The van der Waals surface area contributed by atoms with Crippen molar-refractivity contribution >= 4 is 23.2 Å². The molecule has 2 aromatic rings. The highest BCUT2D eigenvalue weighted by Crippen LogP contribution is 2.29. The summed E-state index contributed by atoms with van der Waals surface area (Å²) in [7, 11) is 0. The highest BCUT2D eigenvalue weighted by atomic mass is 16.2. The Kier molecular flexibility index (Phi) is 4.62. The molecule has 1 heterocycles. The van der Waals surface area contributed by atoms with Crippen LogP contribution < -0.4 is 10.2 Å². The Bertz CT molecular complexity index is 929. The van der Waals surface area contributed by atoms with Gasteiger partial charge in [0.05, 0.1) is 13.1 Å². The van der Waals surface area contributed by atoms with Gasteiger partial charge in [-0.25, -0.2) is 0 Å². The lowest BCUT2D eigenvalue weighted by atomic mass is 9.84. The van der Waals surface area contributed by atoms with E-state index in [0.717, 1.165) is 25.9 Å². The SMILES string of the molecule is C[C@H](C(=O)Nc1ccc2c(c1)C(=O)c1ccccc1C2=O)[NH+]1CCCCC1. The first-order valence-electron chi connectivity index (χ1n) is 9.54. The minimum atomic E-state index is -0.175. The molecule has 27 heavy (non-hydrogen) atoms. The predicted molar refractivity (Wildman–Crippen MR) is 102 cm³/mol. The number of fused-ring (bicyclic) bond motifs is 2. The van der Waals surface area contributed by atoms with Gasteiger partial charge < -0.3 is 10.2 Å². The van der Waals surface area contributed by atoms with Crippen molar-refractivity contribution in [3.05, 3.63) is 64.7 Å². The highest BCUT2D eigenvalue weighted by molar-refractivity contribution is 6.28. The van der Waals surface area contributed by atoms with Crippen molar-refractivity contribution in [1.29, 1.82) is 0 Å². The third kappa shape index (κ3) is 3.19. The maximum Gasteiger partial charge on any atom is 0.282 e. The monoisotopic (exact) mass is 363 g/mol. The molecule has 0 aromatic heterocycles. The Balaban J connectivity index is 1.57. The van der Waals surface area contributed by atoms with Crippen molar-refractivity contribution in [2.75, 3.05) is 18.4 Å². The van der Waals surface area contributed by atoms with E-state index in [9.17, 15) is 14.4 Å². The summed E-state index contributed by atoms with van der Waals surface area (Å²) in [6.07, 6.45) is 3.55. The lowest BCUT2D eigenvalue weighted by molar-refractivity contribution is -0.918. The molecule has 1 aliphatic carbocycles. The largest absolute Gasteiger partial charge is 0.325 e. The van der Waals surface area contributed by atoms with E-state index in [1.807, 2.05) is 6.92 Å². The van der Waals surface area contributed by atoms with Gasteiger partial charge in [0.25, 0.3) is 5.91 Å². The molecular formula is C22H23N2O3+. The van der Waals surface area contributed by atoms with Gasteiger partial charge in [-0.05, 0) is 44.4 Å². The average Bonchev–Trinajstić information content (AvgIpc) is 2.72. The quantitative estimate of drug-likeness (QED) is 0.746. The normalized spacial score (nSPS) is 17.8. The van der Waals surface area contributed by atoms with Crippen LogP contribution in [0, 0.1) is 0 Å². The van der Waals surface area contributed by atoms with Crippen LogP contribution in [0.4, 0.5) is 5.69 Å². The van der Waals surface area contributed by atoms with E-state index >= 15 is 0 Å². The molecule has 0 spiro atoms. The number of carbonyl (C=O) groups is 3. The van der Waals surface area contributed by atoms with Crippen molar-refractivity contribution < 1.29 is 19.3 Å². The molecule has 2 aromatic carbocycles. The standard InChI is InChI=1S/C22H22N2O3/c1-14(24-11-5-2-6-12-24)22(27)23-15-9-10-18-19(13-15)21(26)17-8-4-3-7-16(17)20(18)25/h3-4,7-10,13-14H,2,5-6,11-12H2,1H3,(H,23,27)/p+1/t14-/m1/s1. The van der Waals surface area contributed by atoms with Crippen molar-refractivity contribution in [1.82, 2.24) is 0 Å². The number of nitrogens with one attached hydrogen (secondary N) is 2. The summed E-state index contributed by atoms with van der Waals surface area (Å²) in [5, 5.41) is 2.93. The maximum atomic E-state index is 12.8. The van der Waals surface area contributed by atoms with Crippen LogP contribution in [0.1, 0.15) is 58.0 Å². The lowest BCUT2D eigenvalue weighted by Gasteiger charge is -2.28. The minimum Gasteiger partial charge on any atom is -0.325 e. The number of amides is 1. The Morgan fingerprint density at radius 3 is 2.15 bits per heavy atom. The summed E-state index contributed by atoms with van der Waals surface area (Å²) in [5.41, 5.74) is 2.17. The number of likely N-dealkylation sites (tertiary alicyclic amines) is 1. The molecule has 2 aliphatic rings. The van der Waals surface area contributed by atoms with Crippen LogP contribution in [0.2, 0.25) is 0 Å². The van der Waals surface area contributed by atoms with Crippen LogP contribution in [0.15, 0.2) is 42.5 Å². The fourth-order valence-corrected chi connectivity index (χ4v) is 4.05. The first kappa shape index (κ1) is 17.6. The van der Waals surface area contributed by atoms with E-state index in [2.05, 4.69) is 5.32 Å². The van der Waals surface area contributed by atoms with Crippen LogP contribution in [-0.4, -0.2) is 36.6 Å². The smallest absolute Gasteiger partial charge is 0.282 e. The second kappa shape index (κ2) is 7.08. The molecule has 2 N–H and O–H groups in total. The molecule has 1 amide bonds. The van der Waals surface area contributed by atoms with E-state index in [0.29, 0.717) is 27.9 Å². The van der Waals surface area contributed by atoms with Gasteiger partial charge in [0.15, 0.2) is 17.6 Å². The van der Waals surface area contributed by atoms with Crippen LogP contribution in [-0.2, 0) is 4.79 Å². The second-order valence-electron chi connectivity index (χ2n) is 7.39. The predicted octanol–water partition coefficient (Wildman–Crippen LogP) is 1.86. The Hall–Kier alpha value is -2.79. The van der Waals surface area contributed by atoms with Crippen molar-refractivity contribution in [3.63, 3.8) is 0 Å². The number of quaternary nitrogens is 1. The number of piperidine rings is 1. The van der Waals surface area contributed by atoms with Gasteiger partial charge in [-0.3, -0.25) is 14.4 Å². The van der Waals surface area contributed by atoms with Crippen molar-refractivity contribution in [2.45, 2.75) is 32.2 Å². The Morgan fingerprint density at radius 2 is 1.48 bits per heavy atom. The second-order valence-corrected chi connectivity index (χ2v) is 7.39. The topological polar surface area (TPSA) is 67.7 Å². The molecule has 0 bridgehead atoms. The third-order valence-electron chi connectivity index (χ3n) is 5.69. The van der Waals surface area contributed by atoms with Crippen molar-refractivity contribution in [3.8, 4) is 0 Å². The molecule has 138 valence electrons.